The second-order valence-corrected chi connectivity index (χ2v) is 4.99. The SMILES string of the molecule is CCC(CO)(CO)NC(=O)CNC(=O)[C@@H](N)C(C)C. The summed E-state index contributed by atoms with van der Waals surface area (Å²) in [5.74, 6) is -0.901. The lowest BCUT2D eigenvalue weighted by Gasteiger charge is -2.29. The van der Waals surface area contributed by atoms with E-state index < -0.39 is 23.4 Å². The number of aliphatic hydroxyl groups excluding tert-OH is 2. The monoisotopic (exact) mass is 275 g/mol. The minimum Gasteiger partial charge on any atom is -0.394 e. The third-order valence-corrected chi connectivity index (χ3v) is 3.13. The lowest BCUT2D eigenvalue weighted by molar-refractivity contribution is -0.128. The van der Waals surface area contributed by atoms with Crippen molar-refractivity contribution in [1.82, 2.24) is 10.6 Å². The van der Waals surface area contributed by atoms with Crippen LogP contribution in [0, 0.1) is 5.92 Å². The summed E-state index contributed by atoms with van der Waals surface area (Å²) in [6.45, 7) is 4.38. The molecule has 0 aromatic rings. The van der Waals surface area contributed by atoms with Crippen LogP contribution in [0.3, 0.4) is 0 Å². The number of carbonyl (C=O) groups is 2. The Morgan fingerprint density at radius 3 is 2.16 bits per heavy atom. The standard InChI is InChI=1S/C12H25N3O4/c1-4-12(6-16,7-17)15-9(18)5-14-11(19)10(13)8(2)3/h8,10,16-17H,4-7,13H2,1-3H3,(H,14,19)(H,15,18)/t10-/m0/s1. The average molecular weight is 275 g/mol. The Labute approximate surface area is 113 Å². The molecule has 0 aromatic heterocycles. The number of aliphatic hydroxyl groups is 2. The van der Waals surface area contributed by atoms with Crippen LogP contribution in [-0.4, -0.2) is 53.4 Å². The molecule has 6 N–H and O–H groups in total. The van der Waals surface area contributed by atoms with E-state index in [4.69, 9.17) is 5.73 Å². The third-order valence-electron chi connectivity index (χ3n) is 3.13. The van der Waals surface area contributed by atoms with E-state index in [2.05, 4.69) is 10.6 Å². The average Bonchev–Trinajstić information content (AvgIpc) is 2.41. The van der Waals surface area contributed by atoms with E-state index >= 15 is 0 Å². The van der Waals surface area contributed by atoms with Gasteiger partial charge >= 0.3 is 0 Å². The van der Waals surface area contributed by atoms with Gasteiger partial charge in [-0.25, -0.2) is 0 Å². The summed E-state index contributed by atoms with van der Waals surface area (Å²) < 4.78 is 0. The highest BCUT2D eigenvalue weighted by atomic mass is 16.3. The van der Waals surface area contributed by atoms with Gasteiger partial charge in [0, 0.05) is 0 Å². The van der Waals surface area contributed by atoms with Gasteiger partial charge in [0.05, 0.1) is 31.3 Å². The molecule has 0 aromatic carbocycles. The number of nitrogens with two attached hydrogens (primary N) is 1. The van der Waals surface area contributed by atoms with Crippen molar-refractivity contribution in [3.8, 4) is 0 Å². The number of carbonyl (C=O) groups excluding carboxylic acids is 2. The molecule has 0 rings (SSSR count). The van der Waals surface area contributed by atoms with Gasteiger partial charge in [-0.1, -0.05) is 20.8 Å². The number of rotatable bonds is 8. The van der Waals surface area contributed by atoms with Crippen LogP contribution in [0.15, 0.2) is 0 Å². The van der Waals surface area contributed by atoms with Crippen LogP contribution in [0.2, 0.25) is 0 Å². The maximum atomic E-state index is 11.6. The number of nitrogens with one attached hydrogen (secondary N) is 2. The molecule has 0 radical (unpaired) electrons. The first-order valence-electron chi connectivity index (χ1n) is 6.38. The molecule has 0 saturated heterocycles. The van der Waals surface area contributed by atoms with E-state index in [1.165, 1.54) is 0 Å². The summed E-state index contributed by atoms with van der Waals surface area (Å²) in [6.07, 6.45) is 0.380. The van der Waals surface area contributed by atoms with E-state index in [1.54, 1.807) is 6.92 Å². The Balaban J connectivity index is 4.29. The fourth-order valence-electron chi connectivity index (χ4n) is 1.37. The van der Waals surface area contributed by atoms with Crippen LogP contribution in [-0.2, 0) is 9.59 Å². The third kappa shape index (κ3) is 5.54. The van der Waals surface area contributed by atoms with Gasteiger partial charge in [-0.15, -0.1) is 0 Å². The van der Waals surface area contributed by atoms with Crippen molar-refractivity contribution in [2.75, 3.05) is 19.8 Å². The highest BCUT2D eigenvalue weighted by Crippen LogP contribution is 2.07. The molecule has 19 heavy (non-hydrogen) atoms. The summed E-state index contributed by atoms with van der Waals surface area (Å²) in [6, 6.07) is -0.667. The molecule has 0 aliphatic rings. The molecule has 0 saturated carbocycles. The summed E-state index contributed by atoms with van der Waals surface area (Å²) in [5.41, 5.74) is 4.57. The lowest BCUT2D eigenvalue weighted by atomic mass is 9.98. The maximum absolute atomic E-state index is 11.6. The Kier molecular flexibility index (Phi) is 7.58. The molecule has 1 atom stereocenters. The van der Waals surface area contributed by atoms with Gasteiger partial charge in [0.1, 0.15) is 0 Å². The Bertz CT molecular complexity index is 295. The van der Waals surface area contributed by atoms with Crippen molar-refractivity contribution in [1.29, 1.82) is 0 Å². The van der Waals surface area contributed by atoms with Gasteiger partial charge < -0.3 is 26.6 Å². The molecule has 0 unspecified atom stereocenters. The topological polar surface area (TPSA) is 125 Å². The number of hydrogen-bond donors (Lipinski definition) is 5. The molecule has 7 nitrogen and oxygen atoms in total. The molecule has 7 heteroatoms. The van der Waals surface area contributed by atoms with Crippen molar-refractivity contribution in [2.45, 2.75) is 38.8 Å². The normalized spacial score (nSPS) is 13.2. The van der Waals surface area contributed by atoms with Crippen LogP contribution < -0.4 is 16.4 Å². The van der Waals surface area contributed by atoms with Gasteiger partial charge in [0.2, 0.25) is 11.8 Å². The van der Waals surface area contributed by atoms with Crippen LogP contribution >= 0.6 is 0 Å². The van der Waals surface area contributed by atoms with Crippen molar-refractivity contribution in [3.63, 3.8) is 0 Å². The highest BCUT2D eigenvalue weighted by Gasteiger charge is 2.28. The van der Waals surface area contributed by atoms with Crippen LogP contribution in [0.1, 0.15) is 27.2 Å². The molecule has 0 aliphatic heterocycles. The predicted molar refractivity (Wildman–Crippen MR) is 71.2 cm³/mol. The molecule has 0 aliphatic carbocycles. The summed E-state index contributed by atoms with van der Waals surface area (Å²) in [4.78, 5) is 23.2. The number of hydrogen-bond acceptors (Lipinski definition) is 5. The van der Waals surface area contributed by atoms with Crippen molar-refractivity contribution >= 4 is 11.8 Å². The Morgan fingerprint density at radius 2 is 1.79 bits per heavy atom. The first-order chi connectivity index (χ1) is 8.81. The molecule has 0 heterocycles. The first-order valence-corrected chi connectivity index (χ1v) is 6.38. The van der Waals surface area contributed by atoms with Gasteiger partial charge in [-0.2, -0.15) is 0 Å². The first kappa shape index (κ1) is 17.8. The van der Waals surface area contributed by atoms with Crippen LogP contribution in [0.25, 0.3) is 0 Å². The predicted octanol–water partition coefficient (Wildman–Crippen LogP) is -1.66. The molecule has 0 bridgehead atoms. The molecule has 2 amide bonds. The van der Waals surface area contributed by atoms with Gasteiger partial charge in [0.15, 0.2) is 0 Å². The van der Waals surface area contributed by atoms with E-state index in [9.17, 15) is 19.8 Å². The second-order valence-electron chi connectivity index (χ2n) is 4.99. The molecule has 112 valence electrons. The van der Waals surface area contributed by atoms with Crippen LogP contribution in [0.5, 0.6) is 0 Å². The number of amides is 2. The van der Waals surface area contributed by atoms with Crippen molar-refractivity contribution in [3.05, 3.63) is 0 Å². The second kappa shape index (κ2) is 8.08. The minimum absolute atomic E-state index is 0.0207. The van der Waals surface area contributed by atoms with Gasteiger partial charge in [0.25, 0.3) is 0 Å². The fourth-order valence-corrected chi connectivity index (χ4v) is 1.37. The van der Waals surface area contributed by atoms with Gasteiger partial charge in [-0.05, 0) is 12.3 Å². The lowest BCUT2D eigenvalue weighted by Crippen LogP contribution is -2.56. The molecule has 0 fully saturated rings. The quantitative estimate of drug-likeness (QED) is 0.362. The fraction of sp³-hybridized carbons (Fsp3) is 0.833. The van der Waals surface area contributed by atoms with Crippen molar-refractivity contribution in [2.24, 2.45) is 11.7 Å². The zero-order valence-electron chi connectivity index (χ0n) is 11.8. The zero-order chi connectivity index (χ0) is 15.1. The Hall–Kier alpha value is -1.18. The summed E-state index contributed by atoms with van der Waals surface area (Å²) in [5, 5.41) is 23.3. The van der Waals surface area contributed by atoms with Gasteiger partial charge in [-0.3, -0.25) is 9.59 Å². The largest absolute Gasteiger partial charge is 0.394 e. The van der Waals surface area contributed by atoms with E-state index in [1.807, 2.05) is 13.8 Å². The highest BCUT2D eigenvalue weighted by molar-refractivity contribution is 5.87. The molecule has 0 spiro atoms. The van der Waals surface area contributed by atoms with Crippen molar-refractivity contribution < 1.29 is 19.8 Å². The van der Waals surface area contributed by atoms with E-state index in [-0.39, 0.29) is 25.7 Å². The summed E-state index contributed by atoms with van der Waals surface area (Å²) >= 11 is 0. The van der Waals surface area contributed by atoms with Crippen LogP contribution in [0.4, 0.5) is 0 Å². The Morgan fingerprint density at radius 1 is 1.26 bits per heavy atom. The molecular formula is C12H25N3O4. The minimum atomic E-state index is -1.05. The van der Waals surface area contributed by atoms with E-state index in [0.717, 1.165) is 0 Å². The maximum Gasteiger partial charge on any atom is 0.239 e. The van der Waals surface area contributed by atoms with E-state index in [0.29, 0.717) is 6.42 Å². The summed E-state index contributed by atoms with van der Waals surface area (Å²) in [7, 11) is 0. The zero-order valence-corrected chi connectivity index (χ0v) is 11.8. The smallest absolute Gasteiger partial charge is 0.239 e. The molecular weight excluding hydrogens is 250 g/mol.